The summed E-state index contributed by atoms with van der Waals surface area (Å²) in [6.45, 7) is 6.29. The van der Waals surface area contributed by atoms with Gasteiger partial charge in [-0.3, -0.25) is 4.90 Å². The van der Waals surface area contributed by atoms with Gasteiger partial charge in [0.15, 0.2) is 0 Å². The van der Waals surface area contributed by atoms with Crippen LogP contribution in [0, 0.1) is 18.3 Å². The summed E-state index contributed by atoms with van der Waals surface area (Å²) in [5.74, 6) is 0. The molecule has 0 aromatic carbocycles. The number of methoxy groups -OCH3 is 1. The van der Waals surface area contributed by atoms with Crippen molar-refractivity contribution in [2.24, 2.45) is 5.73 Å². The number of rotatable bonds is 8. The van der Waals surface area contributed by atoms with Gasteiger partial charge in [0.05, 0.1) is 18.7 Å². The Morgan fingerprint density at radius 3 is 2.68 bits per heavy atom. The van der Waals surface area contributed by atoms with Crippen LogP contribution in [0.15, 0.2) is 12.1 Å². The second-order valence-electron chi connectivity index (χ2n) is 4.69. The molecule has 0 aliphatic heterocycles. The molecule has 1 aromatic heterocycles. The van der Waals surface area contributed by atoms with E-state index in [2.05, 4.69) is 30.0 Å². The Bertz CT molecular complexity index is 411. The van der Waals surface area contributed by atoms with Crippen molar-refractivity contribution in [1.82, 2.24) is 4.90 Å². The number of aryl methyl sites for hydroxylation is 1. The van der Waals surface area contributed by atoms with E-state index in [9.17, 15) is 0 Å². The van der Waals surface area contributed by atoms with Crippen molar-refractivity contribution in [2.75, 3.05) is 26.8 Å². The average molecular weight is 281 g/mol. The predicted molar refractivity (Wildman–Crippen MR) is 79.1 cm³/mol. The van der Waals surface area contributed by atoms with Crippen LogP contribution >= 0.6 is 11.3 Å². The average Bonchev–Trinajstić information content (AvgIpc) is 2.78. The minimum atomic E-state index is 0.0219. The first-order valence-electron chi connectivity index (χ1n) is 6.52. The highest BCUT2D eigenvalue weighted by Gasteiger charge is 2.24. The van der Waals surface area contributed by atoms with E-state index in [0.717, 1.165) is 13.1 Å². The number of ether oxygens (including phenoxy) is 1. The van der Waals surface area contributed by atoms with Crippen LogP contribution in [-0.2, 0) is 4.74 Å². The molecule has 0 saturated carbocycles. The molecular formula is C14H23N3OS. The van der Waals surface area contributed by atoms with E-state index < -0.39 is 0 Å². The second kappa shape index (κ2) is 8.28. The van der Waals surface area contributed by atoms with Crippen LogP contribution in [0.1, 0.15) is 29.1 Å². The first kappa shape index (κ1) is 16.1. The lowest BCUT2D eigenvalue weighted by Gasteiger charge is -2.33. The van der Waals surface area contributed by atoms with Gasteiger partial charge in [-0.05, 0) is 26.0 Å². The number of thiophene rings is 1. The van der Waals surface area contributed by atoms with Gasteiger partial charge in [0.1, 0.15) is 0 Å². The summed E-state index contributed by atoms with van der Waals surface area (Å²) in [4.78, 5) is 4.80. The fourth-order valence-electron chi connectivity index (χ4n) is 2.18. The highest BCUT2D eigenvalue weighted by Crippen LogP contribution is 2.29. The molecule has 2 atom stereocenters. The zero-order chi connectivity index (χ0) is 14.3. The molecule has 4 nitrogen and oxygen atoms in total. The molecule has 0 fully saturated rings. The second-order valence-corrected chi connectivity index (χ2v) is 6.01. The lowest BCUT2D eigenvalue weighted by Crippen LogP contribution is -2.41. The highest BCUT2D eigenvalue weighted by molar-refractivity contribution is 7.12. The smallest absolute Gasteiger partial charge is 0.0635 e. The van der Waals surface area contributed by atoms with E-state index in [1.165, 1.54) is 9.75 Å². The van der Waals surface area contributed by atoms with E-state index in [1.54, 1.807) is 18.4 Å². The Morgan fingerprint density at radius 2 is 2.21 bits per heavy atom. The summed E-state index contributed by atoms with van der Waals surface area (Å²) >= 11 is 1.77. The molecule has 2 N–H and O–H groups in total. The van der Waals surface area contributed by atoms with E-state index >= 15 is 0 Å². The predicted octanol–water partition coefficient (Wildman–Crippen LogP) is 2.31. The van der Waals surface area contributed by atoms with Gasteiger partial charge in [-0.25, -0.2) is 0 Å². The van der Waals surface area contributed by atoms with Crippen molar-refractivity contribution in [3.63, 3.8) is 0 Å². The molecular weight excluding hydrogens is 258 g/mol. The van der Waals surface area contributed by atoms with E-state index in [1.807, 2.05) is 6.92 Å². The van der Waals surface area contributed by atoms with Crippen molar-refractivity contribution in [1.29, 1.82) is 5.26 Å². The van der Waals surface area contributed by atoms with Crippen LogP contribution in [0.5, 0.6) is 0 Å². The Kier molecular flexibility index (Phi) is 7.03. The fraction of sp³-hybridized carbons (Fsp3) is 0.643. The van der Waals surface area contributed by atoms with Crippen LogP contribution < -0.4 is 5.73 Å². The molecule has 1 heterocycles. The Balaban J connectivity index is 2.87. The SMILES string of the molecule is COCCN(CCC#N)C(c1ccc(C)s1)C(C)N. The topological polar surface area (TPSA) is 62.3 Å². The van der Waals surface area contributed by atoms with E-state index in [4.69, 9.17) is 15.7 Å². The van der Waals surface area contributed by atoms with Crippen molar-refractivity contribution >= 4 is 11.3 Å². The molecule has 1 rings (SSSR count). The van der Waals surface area contributed by atoms with Gasteiger partial charge in [0, 0.05) is 42.4 Å². The van der Waals surface area contributed by atoms with Gasteiger partial charge in [-0.2, -0.15) is 5.26 Å². The van der Waals surface area contributed by atoms with Gasteiger partial charge in [-0.1, -0.05) is 0 Å². The van der Waals surface area contributed by atoms with Crippen LogP contribution in [-0.4, -0.2) is 37.7 Å². The highest BCUT2D eigenvalue weighted by atomic mass is 32.1. The summed E-state index contributed by atoms with van der Waals surface area (Å²) in [7, 11) is 1.69. The van der Waals surface area contributed by atoms with Crippen LogP contribution in [0.2, 0.25) is 0 Å². The minimum Gasteiger partial charge on any atom is -0.383 e. The first-order valence-corrected chi connectivity index (χ1v) is 7.33. The third kappa shape index (κ3) is 4.92. The first-order chi connectivity index (χ1) is 9.10. The number of nitrogens with two attached hydrogens (primary N) is 1. The van der Waals surface area contributed by atoms with Crippen molar-refractivity contribution in [2.45, 2.75) is 32.4 Å². The quantitative estimate of drug-likeness (QED) is 0.794. The maximum Gasteiger partial charge on any atom is 0.0635 e. The zero-order valence-corrected chi connectivity index (χ0v) is 12.7. The number of nitrogens with zero attached hydrogens (tertiary/aromatic N) is 2. The number of hydrogen-bond donors (Lipinski definition) is 1. The summed E-state index contributed by atoms with van der Waals surface area (Å²) in [5.41, 5.74) is 6.16. The summed E-state index contributed by atoms with van der Waals surface area (Å²) in [6, 6.07) is 6.64. The third-order valence-corrected chi connectivity index (χ3v) is 4.11. The van der Waals surface area contributed by atoms with Crippen LogP contribution in [0.25, 0.3) is 0 Å². The zero-order valence-electron chi connectivity index (χ0n) is 11.9. The van der Waals surface area contributed by atoms with Gasteiger partial charge in [0.2, 0.25) is 0 Å². The molecule has 0 aliphatic rings. The van der Waals surface area contributed by atoms with Crippen molar-refractivity contribution in [3.05, 3.63) is 21.9 Å². The molecule has 106 valence electrons. The fourth-order valence-corrected chi connectivity index (χ4v) is 3.30. The summed E-state index contributed by atoms with van der Waals surface area (Å²) in [6.07, 6.45) is 0.511. The Hall–Kier alpha value is -0.930. The molecule has 0 amide bonds. The van der Waals surface area contributed by atoms with Gasteiger partial charge in [-0.15, -0.1) is 11.3 Å². The lowest BCUT2D eigenvalue weighted by atomic mass is 10.1. The van der Waals surface area contributed by atoms with Gasteiger partial charge < -0.3 is 10.5 Å². The molecule has 0 spiro atoms. The van der Waals surface area contributed by atoms with E-state index in [-0.39, 0.29) is 12.1 Å². The molecule has 2 unspecified atom stereocenters. The molecule has 0 saturated heterocycles. The molecule has 19 heavy (non-hydrogen) atoms. The standard InChI is InChI=1S/C14H23N3OS/c1-11-5-6-13(19-11)14(12(2)16)17(8-4-7-15)9-10-18-3/h5-6,12,14H,4,8-10,16H2,1-3H3. The van der Waals surface area contributed by atoms with Crippen LogP contribution in [0.4, 0.5) is 0 Å². The third-order valence-electron chi connectivity index (χ3n) is 3.04. The number of nitriles is 1. The normalized spacial score (nSPS) is 14.3. The molecule has 5 heteroatoms. The Morgan fingerprint density at radius 1 is 1.47 bits per heavy atom. The molecule has 0 radical (unpaired) electrons. The molecule has 1 aromatic rings. The summed E-state index contributed by atoms with van der Waals surface area (Å²) < 4.78 is 5.16. The summed E-state index contributed by atoms with van der Waals surface area (Å²) in [5, 5.41) is 8.80. The monoisotopic (exact) mass is 281 g/mol. The molecule has 0 aliphatic carbocycles. The lowest BCUT2D eigenvalue weighted by molar-refractivity contribution is 0.113. The van der Waals surface area contributed by atoms with Crippen molar-refractivity contribution in [3.8, 4) is 6.07 Å². The van der Waals surface area contributed by atoms with Gasteiger partial charge in [0.25, 0.3) is 0 Å². The Labute approximate surface area is 119 Å². The largest absolute Gasteiger partial charge is 0.383 e. The number of hydrogen-bond acceptors (Lipinski definition) is 5. The van der Waals surface area contributed by atoms with E-state index in [0.29, 0.717) is 13.0 Å². The van der Waals surface area contributed by atoms with Gasteiger partial charge >= 0.3 is 0 Å². The minimum absolute atomic E-state index is 0.0219. The maximum absolute atomic E-state index is 8.80. The van der Waals surface area contributed by atoms with Crippen LogP contribution in [0.3, 0.4) is 0 Å². The molecule has 0 bridgehead atoms. The maximum atomic E-state index is 8.80. The van der Waals surface area contributed by atoms with Crippen molar-refractivity contribution < 1.29 is 4.74 Å².